The van der Waals surface area contributed by atoms with Gasteiger partial charge in [-0.15, -0.1) is 0 Å². The summed E-state index contributed by atoms with van der Waals surface area (Å²) in [5.74, 6) is 1.80. The minimum atomic E-state index is 0.500. The molecule has 2 unspecified atom stereocenters. The predicted octanol–water partition coefficient (Wildman–Crippen LogP) is 1.84. The second-order valence-electron chi connectivity index (χ2n) is 3.10. The molecule has 0 bridgehead atoms. The van der Waals surface area contributed by atoms with Crippen molar-refractivity contribution >= 4 is 0 Å². The zero-order valence-corrected chi connectivity index (χ0v) is 7.15. The van der Waals surface area contributed by atoms with Crippen molar-refractivity contribution in [3.05, 3.63) is 0 Å². The highest BCUT2D eigenvalue weighted by atomic mass is 19.1. The predicted molar refractivity (Wildman–Crippen MR) is 42.8 cm³/mol. The lowest BCUT2D eigenvalue weighted by atomic mass is 9.94. The molecule has 0 amide bonds. The van der Waals surface area contributed by atoms with E-state index in [4.69, 9.17) is 0 Å². The average Bonchev–Trinajstić information content (AvgIpc) is 1.91. The van der Waals surface area contributed by atoms with Crippen LogP contribution in [0.5, 0.6) is 0 Å². The van der Waals surface area contributed by atoms with Crippen LogP contribution in [0, 0.1) is 11.8 Å². The van der Waals surface area contributed by atoms with E-state index in [-0.39, 0.29) is 0 Å². The molecule has 0 aromatic rings. The number of rotatable bonds is 0. The Kier molecular flexibility index (Phi) is 5.60. The Bertz CT molecular complexity index is 67.7. The zero-order valence-electron chi connectivity index (χ0n) is 7.15. The molecule has 1 aliphatic heterocycles. The molecule has 0 radical (unpaired) electrons. The van der Waals surface area contributed by atoms with Gasteiger partial charge in [0.15, 0.2) is 0 Å². The highest BCUT2D eigenvalue weighted by molar-refractivity contribution is 4.69. The Labute approximate surface area is 63.0 Å². The molecule has 0 saturated carbocycles. The number of halogens is 1. The first-order valence-corrected chi connectivity index (χ1v) is 3.87. The lowest BCUT2D eigenvalue weighted by Crippen LogP contribution is -2.33. The molecule has 1 N–H and O–H groups in total. The maximum atomic E-state index is 9.50. The molecule has 1 saturated heterocycles. The molecule has 62 valence electrons. The number of piperidine rings is 1. The van der Waals surface area contributed by atoms with Gasteiger partial charge in [-0.2, -0.15) is 0 Å². The summed E-state index contributed by atoms with van der Waals surface area (Å²) in [4.78, 5) is 0. The average molecular weight is 147 g/mol. The number of hydrogen-bond donors (Lipinski definition) is 1. The van der Waals surface area contributed by atoms with Crippen molar-refractivity contribution in [1.29, 1.82) is 0 Å². The summed E-state index contributed by atoms with van der Waals surface area (Å²) in [5.41, 5.74) is 0. The second-order valence-corrected chi connectivity index (χ2v) is 3.10. The fourth-order valence-corrected chi connectivity index (χ4v) is 1.43. The maximum absolute atomic E-state index is 9.50. The summed E-state index contributed by atoms with van der Waals surface area (Å²) >= 11 is 0. The molecule has 2 atom stereocenters. The Morgan fingerprint density at radius 2 is 1.50 bits per heavy atom. The zero-order chi connectivity index (χ0) is 7.98. The molecule has 2 heteroatoms. The van der Waals surface area contributed by atoms with Crippen LogP contribution in [0.1, 0.15) is 20.3 Å². The summed E-state index contributed by atoms with van der Waals surface area (Å²) in [6.07, 6.45) is 1.41. The molecule has 1 fully saturated rings. The molecule has 1 rings (SSSR count). The molecule has 1 heterocycles. The van der Waals surface area contributed by atoms with Crippen LogP contribution in [0.3, 0.4) is 0 Å². The van der Waals surface area contributed by atoms with Crippen LogP contribution >= 0.6 is 0 Å². The standard InChI is InChI=1S/C7H15N.CH3F/c1-6-3-7(2)5-8-4-6;1-2/h6-8H,3-5H2,1-2H3;1H3. The SMILES string of the molecule is CC1CNCC(C)C1.CF. The van der Waals surface area contributed by atoms with Crippen LogP contribution in [0.25, 0.3) is 0 Å². The van der Waals surface area contributed by atoms with Gasteiger partial charge >= 0.3 is 0 Å². The highest BCUT2D eigenvalue weighted by Gasteiger charge is 2.12. The van der Waals surface area contributed by atoms with Crippen molar-refractivity contribution in [2.75, 3.05) is 20.3 Å². The Morgan fingerprint density at radius 3 is 1.70 bits per heavy atom. The molecule has 0 spiro atoms. The third-order valence-corrected chi connectivity index (χ3v) is 1.79. The van der Waals surface area contributed by atoms with E-state index < -0.39 is 0 Å². The monoisotopic (exact) mass is 147 g/mol. The van der Waals surface area contributed by atoms with E-state index in [1.165, 1.54) is 19.5 Å². The Hall–Kier alpha value is -0.110. The van der Waals surface area contributed by atoms with Crippen molar-refractivity contribution in [2.24, 2.45) is 11.8 Å². The van der Waals surface area contributed by atoms with Crippen molar-refractivity contribution in [2.45, 2.75) is 20.3 Å². The normalized spacial score (nSPS) is 32.4. The van der Waals surface area contributed by atoms with E-state index in [0.29, 0.717) is 7.18 Å². The second kappa shape index (κ2) is 5.66. The summed E-state index contributed by atoms with van der Waals surface area (Å²) in [6, 6.07) is 0. The van der Waals surface area contributed by atoms with Gasteiger partial charge in [0.1, 0.15) is 0 Å². The highest BCUT2D eigenvalue weighted by Crippen LogP contribution is 2.13. The van der Waals surface area contributed by atoms with E-state index in [0.717, 1.165) is 11.8 Å². The number of hydrogen-bond acceptors (Lipinski definition) is 1. The van der Waals surface area contributed by atoms with Crippen molar-refractivity contribution in [1.82, 2.24) is 5.32 Å². The maximum Gasteiger partial charge on any atom is 0.0785 e. The van der Waals surface area contributed by atoms with Gasteiger partial charge in [0.05, 0.1) is 7.18 Å². The lowest BCUT2D eigenvalue weighted by molar-refractivity contribution is 0.321. The van der Waals surface area contributed by atoms with E-state index in [1.54, 1.807) is 0 Å². The van der Waals surface area contributed by atoms with Crippen LogP contribution in [-0.4, -0.2) is 20.3 Å². The Morgan fingerprint density at radius 1 is 1.10 bits per heavy atom. The molecule has 10 heavy (non-hydrogen) atoms. The topological polar surface area (TPSA) is 12.0 Å². The van der Waals surface area contributed by atoms with Gasteiger partial charge in [-0.1, -0.05) is 13.8 Å². The fraction of sp³-hybridized carbons (Fsp3) is 1.00. The van der Waals surface area contributed by atoms with Gasteiger partial charge in [-0.25, -0.2) is 0 Å². The van der Waals surface area contributed by atoms with E-state index in [1.807, 2.05) is 0 Å². The van der Waals surface area contributed by atoms with Crippen molar-refractivity contribution in [3.8, 4) is 0 Å². The largest absolute Gasteiger partial charge is 0.316 e. The minimum Gasteiger partial charge on any atom is -0.316 e. The quantitative estimate of drug-likeness (QED) is 0.551. The van der Waals surface area contributed by atoms with Crippen LogP contribution < -0.4 is 5.32 Å². The molecule has 0 aromatic heterocycles. The van der Waals surface area contributed by atoms with Crippen LogP contribution in [0.2, 0.25) is 0 Å². The lowest BCUT2D eigenvalue weighted by Gasteiger charge is -2.24. The van der Waals surface area contributed by atoms with Gasteiger partial charge in [0.2, 0.25) is 0 Å². The van der Waals surface area contributed by atoms with Crippen LogP contribution in [0.4, 0.5) is 4.39 Å². The van der Waals surface area contributed by atoms with E-state index >= 15 is 0 Å². The fourth-order valence-electron chi connectivity index (χ4n) is 1.43. The minimum absolute atomic E-state index is 0.500. The first-order chi connectivity index (χ1) is 4.79. The van der Waals surface area contributed by atoms with Crippen molar-refractivity contribution < 1.29 is 4.39 Å². The van der Waals surface area contributed by atoms with Gasteiger partial charge in [-0.3, -0.25) is 4.39 Å². The summed E-state index contributed by atoms with van der Waals surface area (Å²) in [7, 11) is 0.500. The smallest absolute Gasteiger partial charge is 0.0785 e. The molecular formula is C8H18FN. The van der Waals surface area contributed by atoms with Gasteiger partial charge in [0, 0.05) is 0 Å². The van der Waals surface area contributed by atoms with E-state index in [9.17, 15) is 4.39 Å². The summed E-state index contributed by atoms with van der Waals surface area (Å²) in [6.45, 7) is 7.07. The molecule has 1 nitrogen and oxygen atoms in total. The molecule has 0 aliphatic carbocycles. The molecular weight excluding hydrogens is 129 g/mol. The molecule has 0 aromatic carbocycles. The first kappa shape index (κ1) is 9.89. The third kappa shape index (κ3) is 3.83. The van der Waals surface area contributed by atoms with E-state index in [2.05, 4.69) is 19.2 Å². The van der Waals surface area contributed by atoms with Crippen molar-refractivity contribution in [3.63, 3.8) is 0 Å². The van der Waals surface area contributed by atoms with Gasteiger partial charge in [-0.05, 0) is 31.3 Å². The summed E-state index contributed by atoms with van der Waals surface area (Å²) in [5, 5.41) is 3.38. The van der Waals surface area contributed by atoms with Gasteiger partial charge in [0.25, 0.3) is 0 Å². The number of nitrogens with one attached hydrogen (secondary N) is 1. The summed E-state index contributed by atoms with van der Waals surface area (Å²) < 4.78 is 9.50. The molecule has 1 aliphatic rings. The first-order valence-electron chi connectivity index (χ1n) is 3.87. The van der Waals surface area contributed by atoms with Gasteiger partial charge < -0.3 is 5.32 Å². The number of alkyl halides is 1. The third-order valence-electron chi connectivity index (χ3n) is 1.79. The Balaban J connectivity index is 0.000000371. The van der Waals surface area contributed by atoms with Crippen LogP contribution in [0.15, 0.2) is 0 Å². The van der Waals surface area contributed by atoms with Crippen LogP contribution in [-0.2, 0) is 0 Å².